The minimum absolute atomic E-state index is 0.503. The van der Waals surface area contributed by atoms with E-state index in [2.05, 4.69) is 4.98 Å². The molecule has 0 aliphatic carbocycles. The molecule has 0 aromatic carbocycles. The Hall–Kier alpha value is -0.890. The van der Waals surface area contributed by atoms with Gasteiger partial charge in [0.1, 0.15) is 0 Å². The van der Waals surface area contributed by atoms with E-state index in [-0.39, 0.29) is 0 Å². The predicted molar refractivity (Wildman–Crippen MR) is 46.5 cm³/mol. The third-order valence-electron chi connectivity index (χ3n) is 1.89. The number of pyridine rings is 1. The van der Waals surface area contributed by atoms with E-state index in [4.69, 9.17) is 7.10 Å². The van der Waals surface area contributed by atoms with Gasteiger partial charge in [-0.05, 0) is 44.0 Å². The fraction of sp³-hybridized carbons (Fsp3) is 0.444. The Morgan fingerprint density at radius 2 is 2.36 bits per heavy atom. The van der Waals surface area contributed by atoms with E-state index in [0.717, 1.165) is 23.2 Å². The van der Waals surface area contributed by atoms with Crippen LogP contribution in [0.25, 0.3) is 0 Å². The van der Waals surface area contributed by atoms with Crippen LogP contribution in [0.4, 0.5) is 0 Å². The Morgan fingerprint density at radius 3 is 3.00 bits per heavy atom. The van der Waals surface area contributed by atoms with Crippen LogP contribution in [0.15, 0.2) is 12.2 Å². The zero-order valence-corrected chi connectivity index (χ0v) is 7.02. The number of aryl methyl sites for hydroxylation is 1. The van der Waals surface area contributed by atoms with Crippen molar-refractivity contribution in [3.05, 3.63) is 29.1 Å². The summed E-state index contributed by atoms with van der Waals surface area (Å²) in [4.78, 5) is 4.09. The smallest absolute Gasteiger partial charge is 0.0642 e. The summed E-state index contributed by atoms with van der Waals surface area (Å²) in [5.41, 5.74) is 8.58. The standard InChI is InChI=1S/C9H14N2/c1-7-8(2)11-6-4-9(7)3-5-10/h4,6H,3,5,10H2,1-2H3/i4D. The molecule has 0 aliphatic heterocycles. The van der Waals surface area contributed by atoms with Gasteiger partial charge >= 0.3 is 0 Å². The fourth-order valence-corrected chi connectivity index (χ4v) is 1.03. The van der Waals surface area contributed by atoms with Crippen molar-refractivity contribution in [1.29, 1.82) is 0 Å². The van der Waals surface area contributed by atoms with Gasteiger partial charge in [-0.2, -0.15) is 0 Å². The molecule has 0 amide bonds. The lowest BCUT2D eigenvalue weighted by Gasteiger charge is -2.04. The van der Waals surface area contributed by atoms with E-state index in [1.54, 1.807) is 6.20 Å². The third kappa shape index (κ3) is 1.77. The molecule has 0 bridgehead atoms. The van der Waals surface area contributed by atoms with E-state index in [1.165, 1.54) is 0 Å². The first-order valence-electron chi connectivity index (χ1n) is 4.28. The lowest BCUT2D eigenvalue weighted by Crippen LogP contribution is -2.05. The summed E-state index contributed by atoms with van der Waals surface area (Å²) >= 11 is 0. The van der Waals surface area contributed by atoms with Crippen LogP contribution in [0.5, 0.6) is 0 Å². The Morgan fingerprint density at radius 1 is 1.64 bits per heavy atom. The summed E-state index contributed by atoms with van der Waals surface area (Å²) in [7, 11) is 0. The summed E-state index contributed by atoms with van der Waals surface area (Å²) in [5, 5.41) is 0. The third-order valence-corrected chi connectivity index (χ3v) is 1.89. The number of hydrogen-bond donors (Lipinski definition) is 1. The summed E-state index contributed by atoms with van der Waals surface area (Å²) < 4.78 is 7.59. The highest BCUT2D eigenvalue weighted by atomic mass is 14.7. The zero-order valence-electron chi connectivity index (χ0n) is 8.02. The second kappa shape index (κ2) is 3.49. The maximum absolute atomic E-state index is 7.59. The van der Waals surface area contributed by atoms with Gasteiger partial charge in [-0.15, -0.1) is 0 Å². The number of rotatable bonds is 2. The van der Waals surface area contributed by atoms with Crippen LogP contribution in [-0.2, 0) is 6.42 Å². The van der Waals surface area contributed by atoms with Crippen LogP contribution in [0.1, 0.15) is 18.2 Å². The van der Waals surface area contributed by atoms with Crippen LogP contribution in [0.3, 0.4) is 0 Å². The van der Waals surface area contributed by atoms with Crippen molar-refractivity contribution in [2.75, 3.05) is 6.54 Å². The SMILES string of the molecule is [2H]c1cnc(C)c(C)c1CCN. The lowest BCUT2D eigenvalue weighted by molar-refractivity contribution is 0.942. The summed E-state index contributed by atoms with van der Waals surface area (Å²) in [5.74, 6) is 0. The molecule has 0 saturated heterocycles. The van der Waals surface area contributed by atoms with Crippen LogP contribution >= 0.6 is 0 Å². The van der Waals surface area contributed by atoms with Crippen LogP contribution in [0.2, 0.25) is 0 Å². The van der Waals surface area contributed by atoms with Gasteiger partial charge in [0.2, 0.25) is 0 Å². The number of nitrogens with zero attached hydrogens (tertiary/aromatic N) is 1. The molecule has 60 valence electrons. The summed E-state index contributed by atoms with van der Waals surface area (Å²) in [6, 6.07) is 0.503. The number of nitrogens with two attached hydrogens (primary N) is 1. The van der Waals surface area contributed by atoms with Crippen molar-refractivity contribution in [2.24, 2.45) is 5.73 Å². The average Bonchev–Trinajstić information content (AvgIpc) is 2.06. The monoisotopic (exact) mass is 151 g/mol. The van der Waals surface area contributed by atoms with E-state index >= 15 is 0 Å². The van der Waals surface area contributed by atoms with Crippen molar-refractivity contribution in [1.82, 2.24) is 4.98 Å². The van der Waals surface area contributed by atoms with Crippen molar-refractivity contribution >= 4 is 0 Å². The summed E-state index contributed by atoms with van der Waals surface area (Å²) in [6.45, 7) is 4.54. The molecule has 0 fully saturated rings. The van der Waals surface area contributed by atoms with E-state index in [1.807, 2.05) is 13.8 Å². The van der Waals surface area contributed by atoms with Crippen molar-refractivity contribution < 1.29 is 1.37 Å². The van der Waals surface area contributed by atoms with Gasteiger partial charge in [-0.25, -0.2) is 0 Å². The maximum Gasteiger partial charge on any atom is 0.0642 e. The molecule has 2 heteroatoms. The van der Waals surface area contributed by atoms with Crippen LogP contribution in [0, 0.1) is 13.8 Å². The van der Waals surface area contributed by atoms with E-state index in [9.17, 15) is 0 Å². The second-order valence-electron chi connectivity index (χ2n) is 2.63. The molecule has 2 nitrogen and oxygen atoms in total. The fourth-order valence-electron chi connectivity index (χ4n) is 1.03. The first-order valence-corrected chi connectivity index (χ1v) is 3.78. The van der Waals surface area contributed by atoms with Gasteiger partial charge < -0.3 is 5.73 Å². The Labute approximate surface area is 68.9 Å². The highest BCUT2D eigenvalue weighted by Crippen LogP contribution is 2.09. The van der Waals surface area contributed by atoms with Crippen molar-refractivity contribution in [2.45, 2.75) is 20.3 Å². The minimum atomic E-state index is 0.503. The first kappa shape index (κ1) is 6.80. The molecular formula is C9H14N2. The molecule has 0 unspecified atom stereocenters. The highest BCUT2D eigenvalue weighted by Gasteiger charge is 1.98. The highest BCUT2D eigenvalue weighted by molar-refractivity contribution is 5.27. The molecule has 11 heavy (non-hydrogen) atoms. The Bertz CT molecular complexity index is 284. The van der Waals surface area contributed by atoms with Crippen LogP contribution < -0.4 is 5.73 Å². The largest absolute Gasteiger partial charge is 0.330 e. The van der Waals surface area contributed by atoms with Crippen molar-refractivity contribution in [3.8, 4) is 0 Å². The second-order valence-corrected chi connectivity index (χ2v) is 2.63. The van der Waals surface area contributed by atoms with E-state index in [0.29, 0.717) is 12.6 Å². The van der Waals surface area contributed by atoms with Gasteiger partial charge in [0, 0.05) is 11.9 Å². The molecular weight excluding hydrogens is 136 g/mol. The minimum Gasteiger partial charge on any atom is -0.330 e. The predicted octanol–water partition coefficient (Wildman–Crippen LogP) is 1.20. The molecule has 0 aliphatic rings. The molecule has 1 aromatic rings. The molecule has 0 atom stereocenters. The van der Waals surface area contributed by atoms with Gasteiger partial charge in [-0.1, -0.05) is 0 Å². The molecule has 1 aromatic heterocycles. The van der Waals surface area contributed by atoms with Gasteiger partial charge in [0.25, 0.3) is 0 Å². The topological polar surface area (TPSA) is 38.9 Å². The normalized spacial score (nSPS) is 11.4. The molecule has 0 saturated carbocycles. The molecule has 2 N–H and O–H groups in total. The Kier molecular flexibility index (Phi) is 2.15. The van der Waals surface area contributed by atoms with Crippen LogP contribution in [-0.4, -0.2) is 11.5 Å². The summed E-state index contributed by atoms with van der Waals surface area (Å²) in [6.07, 6.45) is 2.36. The Balaban J connectivity index is 3.14. The van der Waals surface area contributed by atoms with Gasteiger partial charge in [0.05, 0.1) is 1.37 Å². The first-order chi connectivity index (χ1) is 5.66. The average molecular weight is 151 g/mol. The van der Waals surface area contributed by atoms with Gasteiger partial charge in [0.15, 0.2) is 0 Å². The van der Waals surface area contributed by atoms with Crippen molar-refractivity contribution in [3.63, 3.8) is 0 Å². The molecule has 0 spiro atoms. The maximum atomic E-state index is 7.59. The lowest BCUT2D eigenvalue weighted by atomic mass is 10.1. The number of aromatic nitrogens is 1. The van der Waals surface area contributed by atoms with Gasteiger partial charge in [-0.3, -0.25) is 4.98 Å². The molecule has 0 radical (unpaired) electrons. The zero-order chi connectivity index (χ0) is 9.14. The van der Waals surface area contributed by atoms with E-state index < -0.39 is 0 Å². The number of hydrogen-bond acceptors (Lipinski definition) is 2. The quantitative estimate of drug-likeness (QED) is 0.689. The molecule has 1 heterocycles. The molecule has 1 rings (SSSR count).